The fourth-order valence-corrected chi connectivity index (χ4v) is 2.29. The molecule has 3 nitrogen and oxygen atoms in total. The van der Waals surface area contributed by atoms with Crippen LogP contribution in [0.2, 0.25) is 0 Å². The molecule has 0 spiro atoms. The van der Waals surface area contributed by atoms with Crippen LogP contribution in [-0.2, 0) is 10.3 Å². The molecule has 0 saturated carbocycles. The number of carbonyl (C=O) groups is 1. The van der Waals surface area contributed by atoms with Crippen molar-refractivity contribution < 1.29 is 9.90 Å². The summed E-state index contributed by atoms with van der Waals surface area (Å²) in [7, 11) is 1.89. The highest BCUT2D eigenvalue weighted by Crippen LogP contribution is 2.30. The summed E-state index contributed by atoms with van der Waals surface area (Å²) in [5.41, 5.74) is -0.154. The van der Waals surface area contributed by atoms with Crippen LogP contribution in [0.4, 0.5) is 0 Å². The van der Waals surface area contributed by atoms with Crippen molar-refractivity contribution in [1.29, 1.82) is 0 Å². The van der Waals surface area contributed by atoms with Gasteiger partial charge in [-0.25, -0.2) is 4.79 Å². The van der Waals surface area contributed by atoms with Crippen LogP contribution in [0, 0.1) is 0 Å². The molecular formula is C15H23NO2. The zero-order valence-corrected chi connectivity index (χ0v) is 11.7. The smallest absolute Gasteiger partial charge is 0.328 e. The maximum absolute atomic E-state index is 11.7. The zero-order valence-electron chi connectivity index (χ0n) is 11.7. The van der Waals surface area contributed by atoms with Crippen molar-refractivity contribution in [3.8, 4) is 0 Å². The second-order valence-electron chi connectivity index (χ2n) is 4.99. The fraction of sp³-hybridized carbons (Fsp3) is 0.533. The van der Waals surface area contributed by atoms with Crippen LogP contribution in [0.5, 0.6) is 0 Å². The van der Waals surface area contributed by atoms with Crippen LogP contribution in [-0.4, -0.2) is 29.1 Å². The maximum Gasteiger partial charge on any atom is 0.328 e. The Morgan fingerprint density at radius 1 is 1.39 bits per heavy atom. The van der Waals surface area contributed by atoms with Crippen LogP contribution < -0.4 is 0 Å². The number of benzene rings is 1. The SMILES string of the molecule is CCCC(C)N(C)C(C)(C(=O)O)c1ccccc1. The summed E-state index contributed by atoms with van der Waals surface area (Å²) in [5.74, 6) is -0.806. The van der Waals surface area contributed by atoms with E-state index in [-0.39, 0.29) is 6.04 Å². The van der Waals surface area contributed by atoms with E-state index in [2.05, 4.69) is 13.8 Å². The topological polar surface area (TPSA) is 40.5 Å². The molecule has 0 amide bonds. The summed E-state index contributed by atoms with van der Waals surface area (Å²) in [5, 5.41) is 9.63. The highest BCUT2D eigenvalue weighted by molar-refractivity contribution is 5.80. The van der Waals surface area contributed by atoms with Gasteiger partial charge in [-0.2, -0.15) is 0 Å². The first-order valence-corrected chi connectivity index (χ1v) is 6.46. The third-order valence-electron chi connectivity index (χ3n) is 3.83. The Kier molecular flexibility index (Phi) is 4.91. The molecule has 0 heterocycles. The normalized spacial score (nSPS) is 16.3. The van der Waals surface area contributed by atoms with Crippen molar-refractivity contribution in [2.75, 3.05) is 7.05 Å². The molecule has 2 atom stereocenters. The van der Waals surface area contributed by atoms with Gasteiger partial charge in [-0.3, -0.25) is 4.90 Å². The van der Waals surface area contributed by atoms with Gasteiger partial charge in [0.15, 0.2) is 0 Å². The molecule has 18 heavy (non-hydrogen) atoms. The second-order valence-corrected chi connectivity index (χ2v) is 4.99. The molecular weight excluding hydrogens is 226 g/mol. The van der Waals surface area contributed by atoms with Gasteiger partial charge in [0, 0.05) is 6.04 Å². The number of hydrogen-bond acceptors (Lipinski definition) is 2. The van der Waals surface area contributed by atoms with E-state index in [1.54, 1.807) is 6.92 Å². The summed E-state index contributed by atoms with van der Waals surface area (Å²) in [6, 6.07) is 9.66. The van der Waals surface area contributed by atoms with Crippen molar-refractivity contribution in [1.82, 2.24) is 4.90 Å². The Labute approximate surface area is 109 Å². The number of carboxylic acids is 1. The predicted molar refractivity (Wildman–Crippen MR) is 73.6 cm³/mol. The molecule has 1 aromatic carbocycles. The Hall–Kier alpha value is -1.35. The molecule has 0 aliphatic carbocycles. The van der Waals surface area contributed by atoms with Crippen LogP contribution >= 0.6 is 0 Å². The van der Waals surface area contributed by atoms with E-state index in [1.165, 1.54) is 0 Å². The average Bonchev–Trinajstić information content (AvgIpc) is 2.38. The van der Waals surface area contributed by atoms with E-state index in [9.17, 15) is 9.90 Å². The molecule has 1 rings (SSSR count). The molecule has 0 saturated heterocycles. The minimum Gasteiger partial charge on any atom is -0.480 e. The minimum absolute atomic E-state index is 0.233. The Morgan fingerprint density at radius 3 is 2.39 bits per heavy atom. The van der Waals surface area contributed by atoms with E-state index in [0.717, 1.165) is 18.4 Å². The Balaban J connectivity index is 3.12. The lowest BCUT2D eigenvalue weighted by Crippen LogP contribution is -2.51. The molecule has 2 unspecified atom stereocenters. The summed E-state index contributed by atoms with van der Waals surface area (Å²) < 4.78 is 0. The number of hydrogen-bond donors (Lipinski definition) is 1. The Morgan fingerprint density at radius 2 is 1.94 bits per heavy atom. The molecule has 0 fully saturated rings. The van der Waals surface area contributed by atoms with E-state index in [0.29, 0.717) is 0 Å². The molecule has 0 aromatic heterocycles. The molecule has 0 aliphatic heterocycles. The van der Waals surface area contributed by atoms with Gasteiger partial charge in [0.2, 0.25) is 0 Å². The van der Waals surface area contributed by atoms with Crippen LogP contribution in [0.25, 0.3) is 0 Å². The largest absolute Gasteiger partial charge is 0.480 e. The van der Waals surface area contributed by atoms with Gasteiger partial charge in [0.25, 0.3) is 0 Å². The lowest BCUT2D eigenvalue weighted by atomic mass is 9.89. The molecule has 3 heteroatoms. The lowest BCUT2D eigenvalue weighted by Gasteiger charge is -2.39. The van der Waals surface area contributed by atoms with Gasteiger partial charge >= 0.3 is 5.97 Å². The zero-order chi connectivity index (χ0) is 13.8. The maximum atomic E-state index is 11.7. The number of likely N-dealkylation sites (N-methyl/N-ethyl adjacent to an activating group) is 1. The summed E-state index contributed by atoms with van der Waals surface area (Å²) in [6.45, 7) is 5.97. The minimum atomic E-state index is -0.976. The quantitative estimate of drug-likeness (QED) is 0.842. The molecule has 0 aliphatic rings. The first-order chi connectivity index (χ1) is 8.44. The van der Waals surface area contributed by atoms with Gasteiger partial charge < -0.3 is 5.11 Å². The van der Waals surface area contributed by atoms with E-state index < -0.39 is 11.5 Å². The molecule has 100 valence electrons. The van der Waals surface area contributed by atoms with Gasteiger partial charge in [-0.05, 0) is 32.9 Å². The first-order valence-electron chi connectivity index (χ1n) is 6.46. The van der Waals surface area contributed by atoms with E-state index in [1.807, 2.05) is 42.3 Å². The number of rotatable bonds is 6. The van der Waals surface area contributed by atoms with E-state index in [4.69, 9.17) is 0 Å². The van der Waals surface area contributed by atoms with E-state index >= 15 is 0 Å². The van der Waals surface area contributed by atoms with Gasteiger partial charge in [0.1, 0.15) is 5.54 Å². The van der Waals surface area contributed by atoms with Crippen molar-refractivity contribution in [2.45, 2.75) is 45.2 Å². The van der Waals surface area contributed by atoms with Gasteiger partial charge in [-0.15, -0.1) is 0 Å². The highest BCUT2D eigenvalue weighted by Gasteiger charge is 2.41. The second kappa shape index (κ2) is 6.01. The molecule has 0 bridgehead atoms. The summed E-state index contributed by atoms with van der Waals surface area (Å²) in [4.78, 5) is 13.7. The van der Waals surface area contributed by atoms with Crippen molar-refractivity contribution in [2.24, 2.45) is 0 Å². The highest BCUT2D eigenvalue weighted by atomic mass is 16.4. The van der Waals surface area contributed by atoms with Gasteiger partial charge in [-0.1, -0.05) is 43.7 Å². The first kappa shape index (κ1) is 14.7. The summed E-state index contributed by atoms with van der Waals surface area (Å²) in [6.07, 6.45) is 2.04. The average molecular weight is 249 g/mol. The van der Waals surface area contributed by atoms with Crippen molar-refractivity contribution in [3.05, 3.63) is 35.9 Å². The number of aliphatic carboxylic acids is 1. The third-order valence-corrected chi connectivity index (χ3v) is 3.83. The number of carboxylic acid groups (broad SMARTS) is 1. The molecule has 0 radical (unpaired) electrons. The van der Waals surface area contributed by atoms with Gasteiger partial charge in [0.05, 0.1) is 0 Å². The predicted octanol–water partition coefficient (Wildman–Crippen LogP) is 3.11. The number of nitrogens with zero attached hydrogens (tertiary/aromatic N) is 1. The monoisotopic (exact) mass is 249 g/mol. The van der Waals surface area contributed by atoms with Crippen molar-refractivity contribution >= 4 is 5.97 Å². The fourth-order valence-electron chi connectivity index (χ4n) is 2.29. The lowest BCUT2D eigenvalue weighted by molar-refractivity contribution is -0.152. The molecule has 1 N–H and O–H groups in total. The standard InChI is InChI=1S/C15H23NO2/c1-5-9-12(2)16(4)15(3,14(17)18)13-10-7-6-8-11-13/h6-8,10-12H,5,9H2,1-4H3,(H,17,18). The third kappa shape index (κ3) is 2.72. The van der Waals surface area contributed by atoms with Crippen molar-refractivity contribution in [3.63, 3.8) is 0 Å². The molecule has 1 aromatic rings. The van der Waals surface area contributed by atoms with Crippen LogP contribution in [0.1, 0.15) is 39.2 Å². The van der Waals surface area contributed by atoms with Crippen LogP contribution in [0.3, 0.4) is 0 Å². The van der Waals surface area contributed by atoms with Crippen LogP contribution in [0.15, 0.2) is 30.3 Å². The Bertz CT molecular complexity index is 391. The summed E-state index contributed by atoms with van der Waals surface area (Å²) >= 11 is 0.